The molecule has 0 bridgehead atoms. The van der Waals surface area contributed by atoms with Crippen LogP contribution in [-0.2, 0) is 20.9 Å². The summed E-state index contributed by atoms with van der Waals surface area (Å²) in [5.41, 5.74) is 1.69. The Balaban J connectivity index is 1.45. The third kappa shape index (κ3) is 4.66. The number of nitrogens with zero attached hydrogens (tertiary/aromatic N) is 2. The lowest BCUT2D eigenvalue weighted by Crippen LogP contribution is -2.53. The van der Waals surface area contributed by atoms with E-state index < -0.39 is 11.6 Å². The molecule has 1 atom stereocenters. The van der Waals surface area contributed by atoms with Crippen molar-refractivity contribution >= 4 is 23.4 Å². The number of anilines is 2. The predicted octanol–water partition coefficient (Wildman–Crippen LogP) is 3.65. The zero-order chi connectivity index (χ0) is 21.7. The summed E-state index contributed by atoms with van der Waals surface area (Å²) in [6.07, 6.45) is 0.898. The van der Waals surface area contributed by atoms with Gasteiger partial charge in [0.15, 0.2) is 0 Å². The van der Waals surface area contributed by atoms with Crippen LogP contribution in [0.4, 0.5) is 16.2 Å². The van der Waals surface area contributed by atoms with Gasteiger partial charge in [-0.2, -0.15) is 0 Å². The number of likely N-dealkylation sites (tertiary alicyclic amines) is 1. The maximum absolute atomic E-state index is 13.4. The van der Waals surface area contributed by atoms with Crippen molar-refractivity contribution in [1.29, 1.82) is 0 Å². The van der Waals surface area contributed by atoms with Crippen molar-refractivity contribution in [2.75, 3.05) is 43.1 Å². The summed E-state index contributed by atoms with van der Waals surface area (Å²) in [4.78, 5) is 29.9. The minimum atomic E-state index is -0.952. The Labute approximate surface area is 182 Å². The van der Waals surface area contributed by atoms with E-state index in [1.807, 2.05) is 61.5 Å². The SMILES string of the molecule is CC1(C(=O)Nc2ccccc2N2CCOCC2)CCCN1C(=O)OCc1ccccc1. The monoisotopic (exact) mass is 423 g/mol. The highest BCUT2D eigenvalue weighted by atomic mass is 16.6. The molecule has 0 saturated carbocycles. The van der Waals surface area contributed by atoms with E-state index in [0.717, 1.165) is 36.4 Å². The van der Waals surface area contributed by atoms with Crippen molar-refractivity contribution in [2.24, 2.45) is 0 Å². The van der Waals surface area contributed by atoms with Crippen molar-refractivity contribution in [3.05, 3.63) is 60.2 Å². The zero-order valence-electron chi connectivity index (χ0n) is 17.9. The van der Waals surface area contributed by atoms with Gasteiger partial charge < -0.3 is 19.7 Å². The van der Waals surface area contributed by atoms with Gasteiger partial charge in [0.25, 0.3) is 0 Å². The largest absolute Gasteiger partial charge is 0.445 e. The molecule has 2 aliphatic heterocycles. The number of amides is 2. The Kier molecular flexibility index (Phi) is 6.42. The van der Waals surface area contributed by atoms with Gasteiger partial charge in [0, 0.05) is 19.6 Å². The molecule has 31 heavy (non-hydrogen) atoms. The van der Waals surface area contributed by atoms with Gasteiger partial charge in [0.2, 0.25) is 5.91 Å². The van der Waals surface area contributed by atoms with Crippen LogP contribution in [0.2, 0.25) is 0 Å². The molecule has 7 nitrogen and oxygen atoms in total. The van der Waals surface area contributed by atoms with E-state index in [0.29, 0.717) is 26.2 Å². The Hall–Kier alpha value is -3.06. The van der Waals surface area contributed by atoms with Crippen LogP contribution in [0.25, 0.3) is 0 Å². The quantitative estimate of drug-likeness (QED) is 0.795. The number of morpholine rings is 1. The number of hydrogen-bond acceptors (Lipinski definition) is 5. The van der Waals surface area contributed by atoms with Crippen LogP contribution in [-0.4, -0.2) is 55.3 Å². The van der Waals surface area contributed by atoms with Crippen LogP contribution in [0.1, 0.15) is 25.3 Å². The first-order valence-electron chi connectivity index (χ1n) is 10.8. The Morgan fingerprint density at radius 1 is 1.03 bits per heavy atom. The van der Waals surface area contributed by atoms with Crippen molar-refractivity contribution < 1.29 is 19.1 Å². The average Bonchev–Trinajstić information content (AvgIpc) is 3.22. The van der Waals surface area contributed by atoms with Crippen molar-refractivity contribution in [1.82, 2.24) is 4.90 Å². The number of nitrogens with one attached hydrogen (secondary N) is 1. The summed E-state index contributed by atoms with van der Waals surface area (Å²) in [7, 11) is 0. The lowest BCUT2D eigenvalue weighted by Gasteiger charge is -2.34. The summed E-state index contributed by atoms with van der Waals surface area (Å²) in [6, 6.07) is 17.3. The van der Waals surface area contributed by atoms with Gasteiger partial charge in [-0.3, -0.25) is 9.69 Å². The van der Waals surface area contributed by atoms with Gasteiger partial charge in [-0.15, -0.1) is 0 Å². The van der Waals surface area contributed by atoms with E-state index in [9.17, 15) is 9.59 Å². The second-order valence-electron chi connectivity index (χ2n) is 8.14. The predicted molar refractivity (Wildman–Crippen MR) is 119 cm³/mol. The molecular formula is C24H29N3O4. The van der Waals surface area contributed by atoms with Crippen molar-refractivity contribution in [3.8, 4) is 0 Å². The fraction of sp³-hybridized carbons (Fsp3) is 0.417. The lowest BCUT2D eigenvalue weighted by atomic mass is 9.97. The number of para-hydroxylation sites is 2. The van der Waals surface area contributed by atoms with Crippen molar-refractivity contribution in [2.45, 2.75) is 31.9 Å². The molecule has 2 saturated heterocycles. The fourth-order valence-electron chi connectivity index (χ4n) is 4.21. The Morgan fingerprint density at radius 3 is 2.52 bits per heavy atom. The molecule has 4 rings (SSSR count). The lowest BCUT2D eigenvalue weighted by molar-refractivity contribution is -0.125. The first kappa shape index (κ1) is 21.2. The molecule has 0 radical (unpaired) electrons. The molecule has 2 aliphatic rings. The maximum atomic E-state index is 13.4. The molecule has 164 valence electrons. The molecule has 7 heteroatoms. The van der Waals surface area contributed by atoms with Crippen LogP contribution < -0.4 is 10.2 Å². The van der Waals surface area contributed by atoms with Crippen molar-refractivity contribution in [3.63, 3.8) is 0 Å². The smallest absolute Gasteiger partial charge is 0.410 e. The highest BCUT2D eigenvalue weighted by molar-refractivity contribution is 6.02. The Morgan fingerprint density at radius 2 is 1.74 bits per heavy atom. The summed E-state index contributed by atoms with van der Waals surface area (Å²) in [5, 5.41) is 3.08. The second kappa shape index (κ2) is 9.39. The molecule has 2 aromatic rings. The summed E-state index contributed by atoms with van der Waals surface area (Å²) in [6.45, 7) is 5.40. The van der Waals surface area contributed by atoms with E-state index in [2.05, 4.69) is 10.2 Å². The second-order valence-corrected chi connectivity index (χ2v) is 8.14. The molecule has 1 unspecified atom stereocenters. The fourth-order valence-corrected chi connectivity index (χ4v) is 4.21. The third-order valence-corrected chi connectivity index (χ3v) is 6.06. The topological polar surface area (TPSA) is 71.1 Å². The van der Waals surface area contributed by atoms with E-state index in [1.54, 1.807) is 4.90 Å². The van der Waals surface area contributed by atoms with E-state index >= 15 is 0 Å². The molecule has 0 spiro atoms. The minimum Gasteiger partial charge on any atom is -0.445 e. The van der Waals surface area contributed by atoms with Crippen LogP contribution in [0.15, 0.2) is 54.6 Å². The summed E-state index contributed by atoms with van der Waals surface area (Å²) in [5.74, 6) is -0.192. The molecule has 2 heterocycles. The zero-order valence-corrected chi connectivity index (χ0v) is 17.9. The highest BCUT2D eigenvalue weighted by Crippen LogP contribution is 2.33. The number of carbonyl (C=O) groups is 2. The first-order valence-corrected chi connectivity index (χ1v) is 10.8. The number of ether oxygens (including phenoxy) is 2. The third-order valence-electron chi connectivity index (χ3n) is 6.06. The van der Waals surface area contributed by atoms with Crippen LogP contribution >= 0.6 is 0 Å². The standard InChI is InChI=1S/C24H29N3O4/c1-24(12-7-13-27(24)23(29)31-18-19-8-3-2-4-9-19)22(28)25-20-10-5-6-11-21(20)26-14-16-30-17-15-26/h2-6,8-11H,7,12-18H2,1H3,(H,25,28). The van der Waals surface area contributed by atoms with Gasteiger partial charge in [0.05, 0.1) is 24.6 Å². The molecular weight excluding hydrogens is 394 g/mol. The number of carbonyl (C=O) groups excluding carboxylic acids is 2. The summed E-state index contributed by atoms with van der Waals surface area (Å²) >= 11 is 0. The molecule has 2 aromatic carbocycles. The van der Waals surface area contributed by atoms with Crippen LogP contribution in [0.3, 0.4) is 0 Å². The van der Waals surface area contributed by atoms with Gasteiger partial charge in [0.1, 0.15) is 12.1 Å². The Bertz CT molecular complexity index is 914. The number of hydrogen-bond donors (Lipinski definition) is 1. The van der Waals surface area contributed by atoms with E-state index in [-0.39, 0.29) is 12.5 Å². The molecule has 0 aromatic heterocycles. The van der Waals surface area contributed by atoms with Gasteiger partial charge in [-0.05, 0) is 37.5 Å². The van der Waals surface area contributed by atoms with Gasteiger partial charge >= 0.3 is 6.09 Å². The minimum absolute atomic E-state index is 0.188. The molecule has 2 amide bonds. The van der Waals surface area contributed by atoms with Crippen LogP contribution in [0.5, 0.6) is 0 Å². The summed E-state index contributed by atoms with van der Waals surface area (Å²) < 4.78 is 11.0. The van der Waals surface area contributed by atoms with Gasteiger partial charge in [-0.25, -0.2) is 4.79 Å². The highest BCUT2D eigenvalue weighted by Gasteiger charge is 2.46. The number of rotatable bonds is 5. The van der Waals surface area contributed by atoms with E-state index in [1.165, 1.54) is 0 Å². The normalized spacial score (nSPS) is 21.1. The number of benzene rings is 2. The van der Waals surface area contributed by atoms with Gasteiger partial charge in [-0.1, -0.05) is 42.5 Å². The van der Waals surface area contributed by atoms with Crippen LogP contribution in [0, 0.1) is 0 Å². The molecule has 1 N–H and O–H groups in total. The maximum Gasteiger partial charge on any atom is 0.410 e. The molecule has 0 aliphatic carbocycles. The molecule has 2 fully saturated rings. The van der Waals surface area contributed by atoms with E-state index in [4.69, 9.17) is 9.47 Å². The average molecular weight is 424 g/mol. The first-order chi connectivity index (χ1) is 15.1.